The van der Waals surface area contributed by atoms with Crippen molar-refractivity contribution in [1.82, 2.24) is 15.2 Å². The van der Waals surface area contributed by atoms with Crippen LogP contribution in [0.4, 0.5) is 17.5 Å². The predicted molar refractivity (Wildman–Crippen MR) is 80.6 cm³/mol. The molecule has 0 aliphatic carbocycles. The van der Waals surface area contributed by atoms with Crippen molar-refractivity contribution in [3.8, 4) is 0 Å². The molecule has 19 heavy (non-hydrogen) atoms. The van der Waals surface area contributed by atoms with E-state index in [1.807, 2.05) is 45.0 Å². The Morgan fingerprint density at radius 2 is 1.89 bits per heavy atom. The highest BCUT2D eigenvalue weighted by atomic mass is 79.9. The van der Waals surface area contributed by atoms with Crippen LogP contribution in [0.15, 0.2) is 34.9 Å². The van der Waals surface area contributed by atoms with E-state index in [9.17, 15) is 0 Å². The van der Waals surface area contributed by atoms with Crippen LogP contribution in [0, 0.1) is 0 Å². The number of halogens is 1. The zero-order valence-corrected chi connectivity index (χ0v) is 12.7. The Labute approximate surface area is 121 Å². The van der Waals surface area contributed by atoms with Gasteiger partial charge in [-0.15, -0.1) is 5.10 Å². The quantitative estimate of drug-likeness (QED) is 0.904. The Hall–Kier alpha value is -1.69. The van der Waals surface area contributed by atoms with E-state index in [4.69, 9.17) is 0 Å². The molecule has 2 N–H and O–H groups in total. The number of hydrogen-bond donors (Lipinski definition) is 2. The summed E-state index contributed by atoms with van der Waals surface area (Å²) in [5.74, 6) is 1.15. The third-order valence-electron chi connectivity index (χ3n) is 2.18. The number of nitrogens with zero attached hydrogens (tertiary/aromatic N) is 3. The van der Waals surface area contributed by atoms with Crippen molar-refractivity contribution in [2.45, 2.75) is 26.3 Å². The Morgan fingerprint density at radius 3 is 2.58 bits per heavy atom. The Balaban J connectivity index is 2.18. The monoisotopic (exact) mass is 321 g/mol. The maximum absolute atomic E-state index is 4.38. The van der Waals surface area contributed by atoms with Crippen molar-refractivity contribution in [2.24, 2.45) is 0 Å². The summed E-state index contributed by atoms with van der Waals surface area (Å²) >= 11 is 3.48. The van der Waals surface area contributed by atoms with E-state index in [-0.39, 0.29) is 5.54 Å². The van der Waals surface area contributed by atoms with Crippen molar-refractivity contribution in [1.29, 1.82) is 0 Å². The zero-order valence-electron chi connectivity index (χ0n) is 11.1. The van der Waals surface area contributed by atoms with Gasteiger partial charge >= 0.3 is 0 Å². The van der Waals surface area contributed by atoms with Crippen LogP contribution in [-0.4, -0.2) is 20.7 Å². The number of rotatable bonds is 3. The van der Waals surface area contributed by atoms with Crippen LogP contribution in [0.2, 0.25) is 0 Å². The average Bonchev–Trinajstić information content (AvgIpc) is 2.30. The number of benzene rings is 1. The van der Waals surface area contributed by atoms with Crippen molar-refractivity contribution in [3.05, 3.63) is 34.9 Å². The molecule has 0 saturated carbocycles. The maximum Gasteiger partial charge on any atom is 0.245 e. The fraction of sp³-hybridized carbons (Fsp3) is 0.308. The molecule has 0 bridgehead atoms. The minimum absolute atomic E-state index is 0.104. The second-order valence-electron chi connectivity index (χ2n) is 5.15. The van der Waals surface area contributed by atoms with Gasteiger partial charge in [0, 0.05) is 10.0 Å². The average molecular weight is 322 g/mol. The van der Waals surface area contributed by atoms with E-state index in [0.29, 0.717) is 11.8 Å². The summed E-state index contributed by atoms with van der Waals surface area (Å²) in [7, 11) is 0. The van der Waals surface area contributed by atoms with Crippen LogP contribution < -0.4 is 10.6 Å². The molecule has 1 aromatic heterocycles. The minimum atomic E-state index is -0.104. The number of nitrogens with one attached hydrogen (secondary N) is 2. The van der Waals surface area contributed by atoms with Crippen LogP contribution in [0.5, 0.6) is 0 Å². The van der Waals surface area contributed by atoms with E-state index in [1.54, 1.807) is 6.20 Å². The molecule has 0 saturated heterocycles. The zero-order chi connectivity index (χ0) is 13.9. The van der Waals surface area contributed by atoms with Crippen LogP contribution >= 0.6 is 15.9 Å². The molecule has 0 radical (unpaired) electrons. The molecule has 0 spiro atoms. The van der Waals surface area contributed by atoms with Crippen LogP contribution in [-0.2, 0) is 0 Å². The standard InChI is InChI=1S/C13H16BrN5/c1-13(2,3)18-12-17-11(8-15-19-12)16-10-7-5-4-6-9(10)14/h4-8H,1-3H3,(H2,16,17,18,19). The molecule has 0 aliphatic rings. The molecule has 6 heteroatoms. The highest BCUT2D eigenvalue weighted by Gasteiger charge is 2.12. The van der Waals surface area contributed by atoms with Gasteiger partial charge in [0.2, 0.25) is 5.95 Å². The summed E-state index contributed by atoms with van der Waals surface area (Å²) in [5, 5.41) is 14.3. The molecule has 1 heterocycles. The van der Waals surface area contributed by atoms with Gasteiger partial charge in [0.05, 0.1) is 11.9 Å². The van der Waals surface area contributed by atoms with E-state index in [2.05, 4.69) is 41.7 Å². The second kappa shape index (κ2) is 5.52. The van der Waals surface area contributed by atoms with E-state index < -0.39 is 0 Å². The first-order valence-electron chi connectivity index (χ1n) is 5.93. The van der Waals surface area contributed by atoms with Gasteiger partial charge in [-0.3, -0.25) is 0 Å². The molecule has 0 fully saturated rings. The van der Waals surface area contributed by atoms with Gasteiger partial charge in [0.25, 0.3) is 0 Å². The molecule has 5 nitrogen and oxygen atoms in total. The third kappa shape index (κ3) is 4.17. The summed E-state index contributed by atoms with van der Waals surface area (Å²) in [6.07, 6.45) is 1.59. The summed E-state index contributed by atoms with van der Waals surface area (Å²) in [4.78, 5) is 4.38. The maximum atomic E-state index is 4.38. The summed E-state index contributed by atoms with van der Waals surface area (Å²) in [5.41, 5.74) is 0.831. The third-order valence-corrected chi connectivity index (χ3v) is 2.87. The Morgan fingerprint density at radius 1 is 1.16 bits per heavy atom. The lowest BCUT2D eigenvalue weighted by molar-refractivity contribution is 0.623. The summed E-state index contributed by atoms with van der Waals surface area (Å²) in [6, 6.07) is 7.84. The molecule has 0 amide bonds. The first kappa shape index (κ1) is 13.7. The van der Waals surface area contributed by atoms with Gasteiger partial charge in [-0.25, -0.2) is 0 Å². The fourth-order valence-corrected chi connectivity index (χ4v) is 1.84. The van der Waals surface area contributed by atoms with E-state index in [0.717, 1.165) is 10.2 Å². The molecule has 2 rings (SSSR count). The van der Waals surface area contributed by atoms with Crippen molar-refractivity contribution >= 4 is 33.4 Å². The van der Waals surface area contributed by atoms with Crippen LogP contribution in [0.1, 0.15) is 20.8 Å². The predicted octanol–water partition coefficient (Wildman–Crippen LogP) is 3.59. The molecule has 0 unspecified atom stereocenters. The van der Waals surface area contributed by atoms with Gasteiger partial charge in [-0.2, -0.15) is 10.1 Å². The second-order valence-corrected chi connectivity index (χ2v) is 6.00. The van der Waals surface area contributed by atoms with Gasteiger partial charge in [-0.05, 0) is 48.8 Å². The molecule has 2 aromatic rings. The van der Waals surface area contributed by atoms with Gasteiger partial charge in [0.1, 0.15) is 0 Å². The smallest absolute Gasteiger partial charge is 0.245 e. The van der Waals surface area contributed by atoms with Crippen LogP contribution in [0.25, 0.3) is 0 Å². The van der Waals surface area contributed by atoms with Crippen molar-refractivity contribution in [3.63, 3.8) is 0 Å². The molecule has 0 aliphatic heterocycles. The summed E-state index contributed by atoms with van der Waals surface area (Å²) in [6.45, 7) is 6.14. The molecule has 1 aromatic carbocycles. The Kier molecular flexibility index (Phi) is 3.99. The molecule has 0 atom stereocenters. The number of aromatic nitrogens is 3. The van der Waals surface area contributed by atoms with Gasteiger partial charge in [-0.1, -0.05) is 12.1 Å². The molecular formula is C13H16BrN5. The molecule has 100 valence electrons. The first-order chi connectivity index (χ1) is 8.94. The fourth-order valence-electron chi connectivity index (χ4n) is 1.45. The largest absolute Gasteiger partial charge is 0.348 e. The topological polar surface area (TPSA) is 62.7 Å². The Bertz CT molecular complexity index is 565. The van der Waals surface area contributed by atoms with Gasteiger partial charge in [0.15, 0.2) is 5.82 Å². The summed E-state index contributed by atoms with van der Waals surface area (Å²) < 4.78 is 0.971. The van der Waals surface area contributed by atoms with E-state index >= 15 is 0 Å². The molecular weight excluding hydrogens is 306 g/mol. The highest BCUT2D eigenvalue weighted by molar-refractivity contribution is 9.10. The SMILES string of the molecule is CC(C)(C)Nc1nncc(Nc2ccccc2Br)n1. The van der Waals surface area contributed by atoms with E-state index in [1.165, 1.54) is 0 Å². The lowest BCUT2D eigenvalue weighted by Crippen LogP contribution is -2.27. The highest BCUT2D eigenvalue weighted by Crippen LogP contribution is 2.24. The lowest BCUT2D eigenvalue weighted by atomic mass is 10.1. The first-order valence-corrected chi connectivity index (χ1v) is 6.73. The number of hydrogen-bond acceptors (Lipinski definition) is 5. The number of anilines is 3. The van der Waals surface area contributed by atoms with Crippen LogP contribution in [0.3, 0.4) is 0 Å². The van der Waals surface area contributed by atoms with Gasteiger partial charge < -0.3 is 10.6 Å². The van der Waals surface area contributed by atoms with Crippen molar-refractivity contribution in [2.75, 3.05) is 10.6 Å². The minimum Gasteiger partial charge on any atom is -0.348 e. The number of para-hydroxylation sites is 1. The normalized spacial score (nSPS) is 11.2. The van der Waals surface area contributed by atoms with Crippen molar-refractivity contribution < 1.29 is 0 Å². The lowest BCUT2D eigenvalue weighted by Gasteiger charge is -2.20.